The molecule has 1 amide bonds. The Morgan fingerprint density at radius 3 is 3.14 bits per heavy atom. The van der Waals surface area contributed by atoms with E-state index in [1.807, 2.05) is 12.1 Å². The molecule has 0 atom stereocenters. The van der Waals surface area contributed by atoms with Crippen molar-refractivity contribution in [1.82, 2.24) is 15.1 Å². The lowest BCUT2D eigenvalue weighted by molar-refractivity contribution is -0.133. The van der Waals surface area contributed by atoms with Crippen molar-refractivity contribution < 1.29 is 9.21 Å². The van der Waals surface area contributed by atoms with Crippen LogP contribution in [0.15, 0.2) is 22.8 Å². The fourth-order valence-corrected chi connectivity index (χ4v) is 2.42. The molecule has 0 bridgehead atoms. The van der Waals surface area contributed by atoms with Crippen molar-refractivity contribution in [2.45, 2.75) is 19.4 Å². The number of nitriles is 1. The second-order valence-corrected chi connectivity index (χ2v) is 5.18. The van der Waals surface area contributed by atoms with Crippen LogP contribution in [0.2, 0.25) is 0 Å². The molecule has 1 aromatic heterocycles. The Hall–Kier alpha value is -1.84. The molecule has 0 aliphatic carbocycles. The molecular formula is C15H22N4O2. The predicted octanol–water partition coefficient (Wildman–Crippen LogP) is 0.817. The van der Waals surface area contributed by atoms with Crippen LogP contribution in [-0.4, -0.2) is 55.0 Å². The molecule has 6 heteroatoms. The molecule has 2 heterocycles. The van der Waals surface area contributed by atoms with Crippen LogP contribution < -0.4 is 5.32 Å². The normalized spacial score (nSPS) is 16.1. The minimum Gasteiger partial charge on any atom is -0.467 e. The summed E-state index contributed by atoms with van der Waals surface area (Å²) in [6.45, 7) is 5.04. The number of nitrogens with zero attached hydrogens (tertiary/aromatic N) is 3. The van der Waals surface area contributed by atoms with E-state index in [4.69, 9.17) is 9.68 Å². The van der Waals surface area contributed by atoms with E-state index in [9.17, 15) is 4.79 Å². The van der Waals surface area contributed by atoms with Crippen molar-refractivity contribution >= 4 is 5.91 Å². The van der Waals surface area contributed by atoms with Gasteiger partial charge in [-0.05, 0) is 31.6 Å². The van der Waals surface area contributed by atoms with Gasteiger partial charge in [-0.15, -0.1) is 0 Å². The first kappa shape index (κ1) is 15.5. The van der Waals surface area contributed by atoms with Crippen molar-refractivity contribution in [2.24, 2.45) is 0 Å². The third-order valence-electron chi connectivity index (χ3n) is 3.56. The second-order valence-electron chi connectivity index (χ2n) is 5.18. The zero-order chi connectivity index (χ0) is 14.9. The summed E-state index contributed by atoms with van der Waals surface area (Å²) in [4.78, 5) is 16.3. The van der Waals surface area contributed by atoms with Gasteiger partial charge in [0.1, 0.15) is 5.76 Å². The summed E-state index contributed by atoms with van der Waals surface area (Å²) in [7, 11) is 0. The Bertz CT molecular complexity index is 459. The van der Waals surface area contributed by atoms with Gasteiger partial charge in [0.05, 0.1) is 31.8 Å². The van der Waals surface area contributed by atoms with Crippen molar-refractivity contribution in [3.8, 4) is 6.07 Å². The Morgan fingerprint density at radius 2 is 2.38 bits per heavy atom. The first-order valence-corrected chi connectivity index (χ1v) is 7.40. The van der Waals surface area contributed by atoms with Crippen LogP contribution in [0.4, 0.5) is 0 Å². The van der Waals surface area contributed by atoms with E-state index in [1.165, 1.54) is 0 Å². The first-order valence-electron chi connectivity index (χ1n) is 7.40. The van der Waals surface area contributed by atoms with Gasteiger partial charge >= 0.3 is 0 Å². The molecule has 21 heavy (non-hydrogen) atoms. The zero-order valence-electron chi connectivity index (χ0n) is 12.3. The molecule has 1 aromatic rings. The second kappa shape index (κ2) is 8.45. The summed E-state index contributed by atoms with van der Waals surface area (Å²) >= 11 is 0. The summed E-state index contributed by atoms with van der Waals surface area (Å²) in [6.07, 6.45) is 3.00. The highest BCUT2D eigenvalue weighted by Crippen LogP contribution is 2.07. The highest BCUT2D eigenvalue weighted by Gasteiger charge is 2.19. The number of furan rings is 1. The Morgan fingerprint density at radius 1 is 1.48 bits per heavy atom. The van der Waals surface area contributed by atoms with Gasteiger partial charge in [0.2, 0.25) is 5.91 Å². The smallest absolute Gasteiger partial charge is 0.237 e. The van der Waals surface area contributed by atoms with Gasteiger partial charge in [-0.2, -0.15) is 5.26 Å². The van der Waals surface area contributed by atoms with E-state index in [0.29, 0.717) is 26.1 Å². The predicted molar refractivity (Wildman–Crippen MR) is 78.3 cm³/mol. The topological polar surface area (TPSA) is 72.5 Å². The Kier molecular flexibility index (Phi) is 6.25. The lowest BCUT2D eigenvalue weighted by Crippen LogP contribution is -2.41. The number of nitrogens with one attached hydrogen (secondary N) is 1. The summed E-state index contributed by atoms with van der Waals surface area (Å²) in [5.74, 6) is 0.808. The molecule has 2 rings (SSSR count). The number of carbonyl (C=O) groups excluding carboxylic acids is 1. The number of rotatable bonds is 6. The summed E-state index contributed by atoms with van der Waals surface area (Å²) in [5, 5.41) is 12.1. The molecule has 0 unspecified atom stereocenters. The summed E-state index contributed by atoms with van der Waals surface area (Å²) < 4.78 is 5.30. The van der Waals surface area contributed by atoms with E-state index in [2.05, 4.69) is 16.3 Å². The van der Waals surface area contributed by atoms with Gasteiger partial charge in [-0.1, -0.05) is 0 Å². The minimum absolute atomic E-state index is 0.0588. The largest absolute Gasteiger partial charge is 0.467 e. The summed E-state index contributed by atoms with van der Waals surface area (Å²) in [5.41, 5.74) is 0. The fourth-order valence-electron chi connectivity index (χ4n) is 2.42. The molecular weight excluding hydrogens is 268 g/mol. The zero-order valence-corrected chi connectivity index (χ0v) is 12.3. The van der Waals surface area contributed by atoms with Crippen LogP contribution in [0.1, 0.15) is 18.6 Å². The van der Waals surface area contributed by atoms with Crippen LogP contribution >= 0.6 is 0 Å². The van der Waals surface area contributed by atoms with Gasteiger partial charge in [0.15, 0.2) is 0 Å². The molecule has 0 saturated carbocycles. The average Bonchev–Trinajstić information content (AvgIpc) is 2.86. The van der Waals surface area contributed by atoms with E-state index < -0.39 is 0 Å². The van der Waals surface area contributed by atoms with Crippen LogP contribution in [0.3, 0.4) is 0 Å². The lowest BCUT2D eigenvalue weighted by atomic mass is 10.3. The van der Waals surface area contributed by atoms with E-state index in [0.717, 1.165) is 38.4 Å². The SMILES string of the molecule is N#CCCN(Cc1ccco1)C(=O)CN1CCCNCC1. The Balaban J connectivity index is 1.91. The van der Waals surface area contributed by atoms with Crippen LogP contribution in [-0.2, 0) is 11.3 Å². The van der Waals surface area contributed by atoms with Crippen LogP contribution in [0.5, 0.6) is 0 Å². The molecule has 1 saturated heterocycles. The van der Waals surface area contributed by atoms with Gasteiger partial charge < -0.3 is 14.6 Å². The molecule has 114 valence electrons. The van der Waals surface area contributed by atoms with Crippen molar-refractivity contribution in [3.05, 3.63) is 24.2 Å². The molecule has 1 aliphatic heterocycles. The van der Waals surface area contributed by atoms with E-state index >= 15 is 0 Å². The van der Waals surface area contributed by atoms with E-state index in [1.54, 1.807) is 11.2 Å². The van der Waals surface area contributed by atoms with Crippen LogP contribution in [0.25, 0.3) is 0 Å². The quantitative estimate of drug-likeness (QED) is 0.839. The molecule has 0 spiro atoms. The Labute approximate surface area is 125 Å². The van der Waals surface area contributed by atoms with Gasteiger partial charge in [0, 0.05) is 19.6 Å². The maximum atomic E-state index is 12.5. The summed E-state index contributed by atoms with van der Waals surface area (Å²) in [6, 6.07) is 5.76. The highest BCUT2D eigenvalue weighted by atomic mass is 16.3. The molecule has 1 N–H and O–H groups in total. The minimum atomic E-state index is 0.0588. The molecule has 6 nitrogen and oxygen atoms in total. The van der Waals surface area contributed by atoms with Gasteiger partial charge in [0.25, 0.3) is 0 Å². The highest BCUT2D eigenvalue weighted by molar-refractivity contribution is 5.78. The molecule has 1 fully saturated rings. The molecule has 0 radical (unpaired) electrons. The van der Waals surface area contributed by atoms with Crippen LogP contribution in [0, 0.1) is 11.3 Å². The third kappa shape index (κ3) is 5.21. The van der Waals surface area contributed by atoms with E-state index in [-0.39, 0.29) is 5.91 Å². The number of hydrogen-bond acceptors (Lipinski definition) is 5. The maximum absolute atomic E-state index is 12.5. The monoisotopic (exact) mass is 290 g/mol. The average molecular weight is 290 g/mol. The standard InChI is InChI=1S/C15H22N4O2/c16-5-2-9-19(12-14-4-1-11-21-14)15(20)13-18-8-3-6-17-7-10-18/h1,4,11,17H,2-3,6-10,12-13H2. The third-order valence-corrected chi connectivity index (χ3v) is 3.56. The number of carbonyl (C=O) groups is 1. The number of hydrogen-bond donors (Lipinski definition) is 1. The lowest BCUT2D eigenvalue weighted by Gasteiger charge is -2.25. The fraction of sp³-hybridized carbons (Fsp3) is 0.600. The number of amides is 1. The molecule has 0 aromatic carbocycles. The van der Waals surface area contributed by atoms with Gasteiger partial charge in [-0.25, -0.2) is 0 Å². The first-order chi connectivity index (χ1) is 10.3. The molecule has 1 aliphatic rings. The van der Waals surface area contributed by atoms with Crippen molar-refractivity contribution in [3.63, 3.8) is 0 Å². The van der Waals surface area contributed by atoms with Crippen molar-refractivity contribution in [1.29, 1.82) is 5.26 Å². The van der Waals surface area contributed by atoms with Crippen molar-refractivity contribution in [2.75, 3.05) is 39.3 Å². The maximum Gasteiger partial charge on any atom is 0.237 e. The van der Waals surface area contributed by atoms with Gasteiger partial charge in [-0.3, -0.25) is 9.69 Å².